The molecule has 0 spiro atoms. The first-order valence-corrected chi connectivity index (χ1v) is 7.00. The van der Waals surface area contributed by atoms with Gasteiger partial charge < -0.3 is 9.84 Å². The van der Waals surface area contributed by atoms with Gasteiger partial charge in [-0.25, -0.2) is 9.78 Å². The molecule has 0 saturated heterocycles. The molecule has 1 aromatic heterocycles. The van der Waals surface area contributed by atoms with E-state index < -0.39 is 10.9 Å². The first-order valence-electron chi connectivity index (χ1n) is 7.00. The Bertz CT molecular complexity index is 951. The molecule has 0 aliphatic carbocycles. The largest absolute Gasteiger partial charge is 0.478 e. The van der Waals surface area contributed by atoms with Crippen LogP contribution in [-0.2, 0) is 0 Å². The van der Waals surface area contributed by atoms with Crippen molar-refractivity contribution in [2.75, 3.05) is 0 Å². The van der Waals surface area contributed by atoms with Crippen molar-refractivity contribution < 1.29 is 19.6 Å². The summed E-state index contributed by atoms with van der Waals surface area (Å²) in [5, 5.41) is 21.1. The van der Waals surface area contributed by atoms with Gasteiger partial charge in [0.15, 0.2) is 0 Å². The van der Waals surface area contributed by atoms with Gasteiger partial charge in [-0.2, -0.15) is 0 Å². The molecule has 0 radical (unpaired) electrons. The molecule has 1 N–H and O–H groups in total. The summed E-state index contributed by atoms with van der Waals surface area (Å²) >= 11 is 0. The molecule has 24 heavy (non-hydrogen) atoms. The number of carbonyl (C=O) groups is 1. The van der Waals surface area contributed by atoms with Crippen LogP contribution < -0.4 is 4.74 Å². The van der Waals surface area contributed by atoms with Crippen LogP contribution in [0, 0.1) is 17.0 Å². The van der Waals surface area contributed by atoms with Crippen LogP contribution in [0.4, 0.5) is 5.69 Å². The Morgan fingerprint density at radius 2 is 1.88 bits per heavy atom. The van der Waals surface area contributed by atoms with Crippen molar-refractivity contribution in [3.05, 3.63) is 69.9 Å². The van der Waals surface area contributed by atoms with Gasteiger partial charge in [0.25, 0.3) is 5.69 Å². The SMILES string of the molecule is Cc1cc([N+](=O)[O-])c2ccnc(Oc3ccc(C(=O)O)cc3)c2c1. The maximum atomic E-state index is 11.2. The van der Waals surface area contributed by atoms with E-state index in [1.165, 1.54) is 36.5 Å². The molecule has 0 fully saturated rings. The van der Waals surface area contributed by atoms with E-state index in [0.717, 1.165) is 0 Å². The fourth-order valence-corrected chi connectivity index (χ4v) is 2.39. The average Bonchev–Trinajstić information content (AvgIpc) is 2.55. The van der Waals surface area contributed by atoms with Crippen LogP contribution in [0.5, 0.6) is 11.6 Å². The van der Waals surface area contributed by atoms with Crippen LogP contribution in [0.2, 0.25) is 0 Å². The van der Waals surface area contributed by atoms with Crippen LogP contribution >= 0.6 is 0 Å². The number of carboxylic acids is 1. The number of aromatic carboxylic acids is 1. The smallest absolute Gasteiger partial charge is 0.335 e. The Kier molecular flexibility index (Phi) is 3.83. The van der Waals surface area contributed by atoms with Crippen LogP contribution in [0.1, 0.15) is 15.9 Å². The third-order valence-electron chi connectivity index (χ3n) is 3.48. The summed E-state index contributed by atoms with van der Waals surface area (Å²) < 4.78 is 5.69. The topological polar surface area (TPSA) is 103 Å². The molecule has 0 aliphatic heterocycles. The van der Waals surface area contributed by atoms with E-state index in [0.29, 0.717) is 22.1 Å². The highest BCUT2D eigenvalue weighted by Crippen LogP contribution is 2.34. The summed E-state index contributed by atoms with van der Waals surface area (Å²) in [5.41, 5.74) is 0.839. The number of aryl methyl sites for hydroxylation is 1. The minimum absolute atomic E-state index is 0.0153. The summed E-state index contributed by atoms with van der Waals surface area (Å²) in [5.74, 6) is -0.414. The second-order valence-corrected chi connectivity index (χ2v) is 5.18. The molecule has 0 aliphatic rings. The van der Waals surface area contributed by atoms with Crippen molar-refractivity contribution in [3.63, 3.8) is 0 Å². The Balaban J connectivity index is 2.06. The monoisotopic (exact) mass is 324 g/mol. The van der Waals surface area contributed by atoms with Gasteiger partial charge in [-0.3, -0.25) is 10.1 Å². The van der Waals surface area contributed by atoms with Gasteiger partial charge in [0, 0.05) is 12.3 Å². The van der Waals surface area contributed by atoms with Crippen molar-refractivity contribution in [1.29, 1.82) is 0 Å². The number of nitro benzene ring substituents is 1. The molecule has 0 bridgehead atoms. The molecule has 3 rings (SSSR count). The third-order valence-corrected chi connectivity index (χ3v) is 3.48. The summed E-state index contributed by atoms with van der Waals surface area (Å²) in [6.07, 6.45) is 1.44. The molecular formula is C17H12N2O5. The van der Waals surface area contributed by atoms with Crippen LogP contribution in [-0.4, -0.2) is 21.0 Å². The van der Waals surface area contributed by atoms with E-state index in [9.17, 15) is 14.9 Å². The normalized spacial score (nSPS) is 10.5. The Hall–Kier alpha value is -3.48. The third kappa shape index (κ3) is 2.87. The lowest BCUT2D eigenvalue weighted by Crippen LogP contribution is -1.96. The van der Waals surface area contributed by atoms with Crippen molar-refractivity contribution in [3.8, 4) is 11.6 Å². The summed E-state index contributed by atoms with van der Waals surface area (Å²) in [4.78, 5) is 25.8. The molecule has 0 saturated carbocycles. The molecule has 7 heteroatoms. The summed E-state index contributed by atoms with van der Waals surface area (Å²) in [6, 6.07) is 10.7. The van der Waals surface area contributed by atoms with Crippen LogP contribution in [0.3, 0.4) is 0 Å². The number of aromatic nitrogens is 1. The lowest BCUT2D eigenvalue weighted by Gasteiger charge is -2.09. The quantitative estimate of drug-likeness (QED) is 0.576. The van der Waals surface area contributed by atoms with Gasteiger partial charge in [0.05, 0.1) is 21.3 Å². The van der Waals surface area contributed by atoms with Crippen molar-refractivity contribution in [1.82, 2.24) is 4.98 Å². The van der Waals surface area contributed by atoms with Gasteiger partial charge in [-0.1, -0.05) is 0 Å². The van der Waals surface area contributed by atoms with Gasteiger partial charge in [0.2, 0.25) is 5.88 Å². The second kappa shape index (κ2) is 5.96. The van der Waals surface area contributed by atoms with E-state index in [-0.39, 0.29) is 17.1 Å². The number of nitrogens with zero attached hydrogens (tertiary/aromatic N) is 2. The van der Waals surface area contributed by atoms with Crippen molar-refractivity contribution in [2.24, 2.45) is 0 Å². The number of carboxylic acid groups (broad SMARTS) is 1. The molecule has 3 aromatic rings. The van der Waals surface area contributed by atoms with E-state index >= 15 is 0 Å². The molecule has 0 unspecified atom stereocenters. The van der Waals surface area contributed by atoms with Crippen LogP contribution in [0.15, 0.2) is 48.7 Å². The first-order chi connectivity index (χ1) is 11.5. The lowest BCUT2D eigenvalue weighted by atomic mass is 10.1. The zero-order valence-corrected chi connectivity index (χ0v) is 12.6. The number of ether oxygens (including phenoxy) is 1. The van der Waals surface area contributed by atoms with Gasteiger partial charge >= 0.3 is 5.97 Å². The number of hydrogen-bond donors (Lipinski definition) is 1. The zero-order valence-electron chi connectivity index (χ0n) is 12.6. The Morgan fingerprint density at radius 3 is 2.50 bits per heavy atom. The van der Waals surface area contributed by atoms with E-state index in [1.54, 1.807) is 19.1 Å². The Morgan fingerprint density at radius 1 is 1.17 bits per heavy atom. The summed E-state index contributed by atoms with van der Waals surface area (Å²) in [7, 11) is 0. The second-order valence-electron chi connectivity index (χ2n) is 5.18. The number of nitro groups is 1. The average molecular weight is 324 g/mol. The standard InChI is InChI=1S/C17H12N2O5/c1-10-8-14-13(15(9-10)19(22)23)6-7-18-16(14)24-12-4-2-11(3-5-12)17(20)21/h2-9H,1H3,(H,20,21). The maximum absolute atomic E-state index is 11.2. The van der Waals surface area contributed by atoms with E-state index in [1.807, 2.05) is 0 Å². The lowest BCUT2D eigenvalue weighted by molar-refractivity contribution is -0.383. The minimum atomic E-state index is -1.03. The van der Waals surface area contributed by atoms with Gasteiger partial charge in [0.1, 0.15) is 5.75 Å². The number of pyridine rings is 1. The van der Waals surface area contributed by atoms with Crippen LogP contribution in [0.25, 0.3) is 10.8 Å². The molecule has 7 nitrogen and oxygen atoms in total. The highest BCUT2D eigenvalue weighted by atomic mass is 16.6. The van der Waals surface area contributed by atoms with Gasteiger partial charge in [-0.15, -0.1) is 0 Å². The highest BCUT2D eigenvalue weighted by Gasteiger charge is 2.16. The Labute approximate surface area is 136 Å². The predicted molar refractivity (Wildman–Crippen MR) is 86.6 cm³/mol. The highest BCUT2D eigenvalue weighted by molar-refractivity contribution is 5.94. The summed E-state index contributed by atoms with van der Waals surface area (Å²) in [6.45, 7) is 1.75. The van der Waals surface area contributed by atoms with Crippen molar-refractivity contribution in [2.45, 2.75) is 6.92 Å². The van der Waals surface area contributed by atoms with Crippen molar-refractivity contribution >= 4 is 22.4 Å². The number of hydrogen-bond acceptors (Lipinski definition) is 5. The number of non-ortho nitro benzene ring substituents is 1. The minimum Gasteiger partial charge on any atom is -0.478 e. The van der Waals surface area contributed by atoms with E-state index in [4.69, 9.17) is 9.84 Å². The maximum Gasteiger partial charge on any atom is 0.335 e. The first kappa shape index (κ1) is 15.4. The number of fused-ring (bicyclic) bond motifs is 1. The molecular weight excluding hydrogens is 312 g/mol. The molecule has 2 aromatic carbocycles. The van der Waals surface area contributed by atoms with Gasteiger partial charge in [-0.05, 0) is 48.9 Å². The molecule has 1 heterocycles. The van der Waals surface area contributed by atoms with E-state index in [2.05, 4.69) is 4.98 Å². The molecule has 0 atom stereocenters. The zero-order chi connectivity index (χ0) is 17.3. The molecule has 0 amide bonds. The molecule has 120 valence electrons. The predicted octanol–water partition coefficient (Wildman–Crippen LogP) is 3.94. The fraction of sp³-hybridized carbons (Fsp3) is 0.0588. The number of rotatable bonds is 4. The fourth-order valence-electron chi connectivity index (χ4n) is 2.39. The number of benzene rings is 2.